The van der Waals surface area contributed by atoms with E-state index in [2.05, 4.69) is 15.9 Å². The van der Waals surface area contributed by atoms with Gasteiger partial charge in [0.05, 0.1) is 6.61 Å². The summed E-state index contributed by atoms with van der Waals surface area (Å²) >= 11 is 9.49. The summed E-state index contributed by atoms with van der Waals surface area (Å²) in [7, 11) is 1.62. The highest BCUT2D eigenvalue weighted by Crippen LogP contribution is 2.27. The Bertz CT molecular complexity index is 354. The van der Waals surface area contributed by atoms with Crippen LogP contribution in [0.1, 0.15) is 18.1 Å². The molecule has 0 aliphatic rings. The molecule has 1 aromatic rings. The first-order chi connectivity index (χ1) is 7.04. The first-order valence-corrected chi connectivity index (χ1v) is 5.67. The van der Waals surface area contributed by atoms with Crippen molar-refractivity contribution in [3.63, 3.8) is 0 Å². The highest BCUT2D eigenvalue weighted by atomic mass is 79.9. The minimum absolute atomic E-state index is 0.123. The summed E-state index contributed by atoms with van der Waals surface area (Å²) in [4.78, 5) is 11.0. The number of carbonyl (C=O) groups excluding carboxylic acids is 1. The van der Waals surface area contributed by atoms with Crippen molar-refractivity contribution in [3.8, 4) is 0 Å². The van der Waals surface area contributed by atoms with Gasteiger partial charge in [-0.15, -0.1) is 0 Å². The molecular weight excluding hydrogens is 279 g/mol. The molecular formula is C11H12BrClO2. The number of hydrogen-bond acceptors (Lipinski definition) is 2. The fourth-order valence-corrected chi connectivity index (χ4v) is 2.36. The molecule has 0 saturated carbocycles. The third kappa shape index (κ3) is 3.59. The van der Waals surface area contributed by atoms with E-state index in [1.165, 1.54) is 0 Å². The maximum Gasteiger partial charge on any atom is 0.134 e. The molecule has 0 spiro atoms. The molecule has 0 N–H and O–H groups in total. The summed E-state index contributed by atoms with van der Waals surface area (Å²) in [5, 5.41) is 0.627. The summed E-state index contributed by atoms with van der Waals surface area (Å²) in [6.45, 7) is 2.02. The van der Waals surface area contributed by atoms with Crippen LogP contribution >= 0.6 is 27.5 Å². The van der Waals surface area contributed by atoms with Gasteiger partial charge in [0.15, 0.2) is 0 Å². The minimum atomic E-state index is 0.123. The number of carbonyl (C=O) groups is 1. The van der Waals surface area contributed by atoms with Crippen molar-refractivity contribution in [1.82, 2.24) is 0 Å². The highest BCUT2D eigenvalue weighted by molar-refractivity contribution is 9.10. The topological polar surface area (TPSA) is 26.3 Å². The van der Waals surface area contributed by atoms with Gasteiger partial charge >= 0.3 is 0 Å². The number of benzene rings is 1. The summed E-state index contributed by atoms with van der Waals surface area (Å²) in [5.74, 6) is 0.123. The van der Waals surface area contributed by atoms with Crippen molar-refractivity contribution >= 4 is 33.3 Å². The zero-order valence-electron chi connectivity index (χ0n) is 8.64. The average molecular weight is 292 g/mol. The Morgan fingerprint density at radius 2 is 2.20 bits per heavy atom. The van der Waals surface area contributed by atoms with Gasteiger partial charge in [0.1, 0.15) is 5.78 Å². The second-order valence-corrected chi connectivity index (χ2v) is 4.61. The molecule has 0 atom stereocenters. The molecule has 0 aliphatic carbocycles. The summed E-state index contributed by atoms with van der Waals surface area (Å²) in [6, 6.07) is 3.71. The van der Waals surface area contributed by atoms with Crippen LogP contribution in [-0.4, -0.2) is 12.9 Å². The predicted octanol–water partition coefficient (Wildman–Crippen LogP) is 3.38. The van der Waals surface area contributed by atoms with E-state index in [0.717, 1.165) is 15.6 Å². The van der Waals surface area contributed by atoms with Gasteiger partial charge in [-0.25, -0.2) is 0 Å². The molecule has 1 aromatic carbocycles. The predicted molar refractivity (Wildman–Crippen MR) is 64.3 cm³/mol. The Hall–Kier alpha value is -0.380. The Labute approximate surface area is 103 Å². The van der Waals surface area contributed by atoms with Crippen LogP contribution in [0.25, 0.3) is 0 Å². The minimum Gasteiger partial charge on any atom is -0.380 e. The standard InChI is InChI=1S/C11H12BrClO2/c1-7(14)3-8-4-10(12)9(6-15-2)11(13)5-8/h4-5H,3,6H2,1-2H3. The first-order valence-electron chi connectivity index (χ1n) is 4.49. The number of ketones is 1. The molecule has 15 heavy (non-hydrogen) atoms. The van der Waals surface area contributed by atoms with E-state index in [1.807, 2.05) is 12.1 Å². The van der Waals surface area contributed by atoms with Crippen LogP contribution in [0.5, 0.6) is 0 Å². The van der Waals surface area contributed by atoms with Crippen LogP contribution < -0.4 is 0 Å². The lowest BCUT2D eigenvalue weighted by Gasteiger charge is -2.08. The quantitative estimate of drug-likeness (QED) is 0.850. The zero-order valence-corrected chi connectivity index (χ0v) is 11.0. The molecule has 1 rings (SSSR count). The SMILES string of the molecule is COCc1c(Cl)cc(CC(C)=O)cc1Br. The molecule has 0 saturated heterocycles. The van der Waals surface area contributed by atoms with Crippen LogP contribution in [-0.2, 0) is 22.6 Å². The summed E-state index contributed by atoms with van der Waals surface area (Å²) < 4.78 is 5.91. The number of hydrogen-bond donors (Lipinski definition) is 0. The van der Waals surface area contributed by atoms with Crippen LogP contribution in [0.4, 0.5) is 0 Å². The van der Waals surface area contributed by atoms with Crippen molar-refractivity contribution < 1.29 is 9.53 Å². The maximum absolute atomic E-state index is 11.0. The number of methoxy groups -OCH3 is 1. The Kier molecular flexibility index (Phi) is 4.77. The van der Waals surface area contributed by atoms with E-state index < -0.39 is 0 Å². The number of ether oxygens (including phenoxy) is 1. The second kappa shape index (κ2) is 5.64. The van der Waals surface area contributed by atoms with Crippen molar-refractivity contribution in [1.29, 1.82) is 0 Å². The summed E-state index contributed by atoms with van der Waals surface area (Å²) in [5.41, 5.74) is 1.82. The van der Waals surface area contributed by atoms with E-state index in [4.69, 9.17) is 16.3 Å². The third-order valence-corrected chi connectivity index (χ3v) is 2.99. The molecule has 2 nitrogen and oxygen atoms in total. The third-order valence-electron chi connectivity index (χ3n) is 1.94. The fourth-order valence-electron chi connectivity index (χ4n) is 1.33. The molecule has 4 heteroatoms. The molecule has 0 aliphatic heterocycles. The van der Waals surface area contributed by atoms with Gasteiger partial charge in [-0.05, 0) is 24.6 Å². The van der Waals surface area contributed by atoms with Gasteiger partial charge in [-0.1, -0.05) is 27.5 Å². The lowest BCUT2D eigenvalue weighted by atomic mass is 10.1. The lowest BCUT2D eigenvalue weighted by molar-refractivity contribution is -0.116. The van der Waals surface area contributed by atoms with Crippen molar-refractivity contribution in [2.75, 3.05) is 7.11 Å². The van der Waals surface area contributed by atoms with Gasteiger partial charge in [0, 0.05) is 28.6 Å². The Balaban J connectivity index is 3.02. The normalized spacial score (nSPS) is 10.4. The first kappa shape index (κ1) is 12.7. The van der Waals surface area contributed by atoms with Gasteiger partial charge in [-0.2, -0.15) is 0 Å². The smallest absolute Gasteiger partial charge is 0.134 e. The van der Waals surface area contributed by atoms with Crippen LogP contribution in [0.2, 0.25) is 5.02 Å². The second-order valence-electron chi connectivity index (χ2n) is 3.35. The van der Waals surface area contributed by atoms with E-state index in [0.29, 0.717) is 18.1 Å². The van der Waals surface area contributed by atoms with E-state index in [1.54, 1.807) is 14.0 Å². The highest BCUT2D eigenvalue weighted by Gasteiger charge is 2.08. The summed E-state index contributed by atoms with van der Waals surface area (Å²) in [6.07, 6.45) is 0.408. The van der Waals surface area contributed by atoms with Gasteiger partial charge in [-0.3, -0.25) is 4.79 Å². The van der Waals surface area contributed by atoms with E-state index in [9.17, 15) is 4.79 Å². The lowest BCUT2D eigenvalue weighted by Crippen LogP contribution is -1.98. The van der Waals surface area contributed by atoms with Crippen molar-refractivity contribution in [2.45, 2.75) is 20.0 Å². The molecule has 0 amide bonds. The zero-order chi connectivity index (χ0) is 11.4. The number of halogens is 2. The molecule has 82 valence electrons. The van der Waals surface area contributed by atoms with Gasteiger partial charge < -0.3 is 4.74 Å². The van der Waals surface area contributed by atoms with E-state index >= 15 is 0 Å². The molecule has 0 aromatic heterocycles. The van der Waals surface area contributed by atoms with E-state index in [-0.39, 0.29) is 5.78 Å². The van der Waals surface area contributed by atoms with Crippen molar-refractivity contribution in [2.24, 2.45) is 0 Å². The van der Waals surface area contributed by atoms with Crippen LogP contribution in [0.3, 0.4) is 0 Å². The molecule has 0 radical (unpaired) electrons. The fraction of sp³-hybridized carbons (Fsp3) is 0.364. The molecule has 0 bridgehead atoms. The average Bonchev–Trinajstić information content (AvgIpc) is 2.10. The molecule has 0 unspecified atom stereocenters. The molecule has 0 fully saturated rings. The number of rotatable bonds is 4. The van der Waals surface area contributed by atoms with Crippen LogP contribution in [0, 0.1) is 0 Å². The van der Waals surface area contributed by atoms with Gasteiger partial charge in [0.2, 0.25) is 0 Å². The number of Topliss-reactive ketones (excluding diaryl/α,β-unsaturated/α-hetero) is 1. The monoisotopic (exact) mass is 290 g/mol. The van der Waals surface area contributed by atoms with Crippen molar-refractivity contribution in [3.05, 3.63) is 32.8 Å². The Morgan fingerprint density at radius 3 is 2.67 bits per heavy atom. The maximum atomic E-state index is 11.0. The molecule has 0 heterocycles. The Morgan fingerprint density at radius 1 is 1.53 bits per heavy atom. The van der Waals surface area contributed by atoms with Gasteiger partial charge in [0.25, 0.3) is 0 Å². The van der Waals surface area contributed by atoms with Crippen LogP contribution in [0.15, 0.2) is 16.6 Å². The largest absolute Gasteiger partial charge is 0.380 e.